The first-order valence-corrected chi connectivity index (χ1v) is 10.9. The van der Waals surface area contributed by atoms with Crippen LogP contribution in [0.2, 0.25) is 5.02 Å². The van der Waals surface area contributed by atoms with Crippen LogP contribution in [0.15, 0.2) is 84.9 Å². The van der Waals surface area contributed by atoms with E-state index in [-0.39, 0.29) is 24.1 Å². The molecule has 0 aliphatic rings. The number of hydrogen-bond donors (Lipinski definition) is 2. The van der Waals surface area contributed by atoms with Gasteiger partial charge in [-0.05, 0) is 71.8 Å². The number of rotatable bonds is 7. The molecule has 4 aromatic carbocycles. The van der Waals surface area contributed by atoms with Gasteiger partial charge in [-0.1, -0.05) is 35.9 Å². The van der Waals surface area contributed by atoms with Gasteiger partial charge < -0.3 is 15.8 Å². The lowest BCUT2D eigenvalue weighted by Crippen LogP contribution is -2.13. The van der Waals surface area contributed by atoms with Crippen molar-refractivity contribution in [2.75, 3.05) is 18.5 Å². The third kappa shape index (κ3) is 6.36. The molecule has 0 spiro atoms. The SMILES string of the molecule is Cl.NCCOc1ccc(C(=O)Nc2cccc(-c3ccc(Cl)cc3F)c2)cc1-c1ccc(F)cc1. The molecular weight excluding hydrogens is 493 g/mol. The first kappa shape index (κ1) is 26.2. The average Bonchev–Trinajstić information content (AvgIpc) is 2.83. The highest BCUT2D eigenvalue weighted by molar-refractivity contribution is 6.30. The molecule has 0 saturated carbocycles. The van der Waals surface area contributed by atoms with E-state index in [9.17, 15) is 13.6 Å². The van der Waals surface area contributed by atoms with Crippen LogP contribution in [-0.2, 0) is 0 Å². The van der Waals surface area contributed by atoms with Gasteiger partial charge in [0.15, 0.2) is 0 Å². The Morgan fingerprint density at radius 2 is 1.66 bits per heavy atom. The third-order valence-corrected chi connectivity index (χ3v) is 5.37. The number of anilines is 1. The maximum absolute atomic E-state index is 14.3. The smallest absolute Gasteiger partial charge is 0.255 e. The molecule has 0 unspecified atom stereocenters. The Labute approximate surface area is 213 Å². The summed E-state index contributed by atoms with van der Waals surface area (Å²) in [6.07, 6.45) is 0. The monoisotopic (exact) mass is 514 g/mol. The van der Waals surface area contributed by atoms with Gasteiger partial charge in [0.25, 0.3) is 5.91 Å². The molecular formula is C27H22Cl2F2N2O2. The largest absolute Gasteiger partial charge is 0.492 e. The van der Waals surface area contributed by atoms with Crippen LogP contribution in [0.3, 0.4) is 0 Å². The van der Waals surface area contributed by atoms with Gasteiger partial charge in [0.1, 0.15) is 24.0 Å². The average molecular weight is 515 g/mol. The highest BCUT2D eigenvalue weighted by Crippen LogP contribution is 2.32. The zero-order valence-electron chi connectivity index (χ0n) is 18.4. The Balaban J connectivity index is 0.00000342. The maximum atomic E-state index is 14.3. The minimum absolute atomic E-state index is 0. The quantitative estimate of drug-likeness (QED) is 0.280. The molecule has 0 saturated heterocycles. The molecule has 0 atom stereocenters. The van der Waals surface area contributed by atoms with Crippen molar-refractivity contribution in [3.05, 3.63) is 107 Å². The molecule has 8 heteroatoms. The fourth-order valence-corrected chi connectivity index (χ4v) is 3.67. The van der Waals surface area contributed by atoms with E-state index >= 15 is 0 Å². The Bertz CT molecular complexity index is 1330. The molecule has 180 valence electrons. The predicted octanol–water partition coefficient (Wildman–Crippen LogP) is 6.96. The summed E-state index contributed by atoms with van der Waals surface area (Å²) in [6, 6.07) is 22.2. The van der Waals surface area contributed by atoms with Crippen molar-refractivity contribution in [2.45, 2.75) is 0 Å². The molecule has 4 nitrogen and oxygen atoms in total. The number of carbonyl (C=O) groups is 1. The van der Waals surface area contributed by atoms with E-state index < -0.39 is 5.82 Å². The topological polar surface area (TPSA) is 64.3 Å². The minimum atomic E-state index is -0.451. The van der Waals surface area contributed by atoms with Crippen LogP contribution >= 0.6 is 24.0 Å². The van der Waals surface area contributed by atoms with Gasteiger partial charge >= 0.3 is 0 Å². The number of halogens is 4. The third-order valence-electron chi connectivity index (χ3n) is 5.13. The summed E-state index contributed by atoms with van der Waals surface area (Å²) >= 11 is 5.85. The van der Waals surface area contributed by atoms with Gasteiger partial charge in [-0.15, -0.1) is 12.4 Å². The van der Waals surface area contributed by atoms with E-state index in [1.807, 2.05) is 0 Å². The number of nitrogens with two attached hydrogens (primary N) is 1. The Morgan fingerprint density at radius 3 is 2.37 bits per heavy atom. The molecule has 0 fully saturated rings. The molecule has 0 aliphatic carbocycles. The second-order valence-corrected chi connectivity index (χ2v) is 7.95. The van der Waals surface area contributed by atoms with Gasteiger partial charge in [0.2, 0.25) is 0 Å². The summed E-state index contributed by atoms with van der Waals surface area (Å²) in [7, 11) is 0. The van der Waals surface area contributed by atoms with Crippen molar-refractivity contribution in [1.29, 1.82) is 0 Å². The van der Waals surface area contributed by atoms with Crippen LogP contribution in [0, 0.1) is 11.6 Å². The van der Waals surface area contributed by atoms with Crippen LogP contribution in [0.25, 0.3) is 22.3 Å². The Morgan fingerprint density at radius 1 is 0.886 bits per heavy atom. The summed E-state index contributed by atoms with van der Waals surface area (Å²) in [5.41, 5.74) is 8.74. The van der Waals surface area contributed by atoms with Crippen LogP contribution in [0.1, 0.15) is 10.4 Å². The van der Waals surface area contributed by atoms with Gasteiger partial charge in [0.05, 0.1) is 0 Å². The van der Waals surface area contributed by atoms with Crippen LogP contribution in [0.4, 0.5) is 14.5 Å². The fraction of sp³-hybridized carbons (Fsp3) is 0.0741. The lowest BCUT2D eigenvalue weighted by Gasteiger charge is -2.14. The Kier molecular flexibility index (Phi) is 8.82. The van der Waals surface area contributed by atoms with Crippen molar-refractivity contribution in [3.8, 4) is 28.0 Å². The summed E-state index contributed by atoms with van der Waals surface area (Å²) in [6.45, 7) is 0.628. The highest BCUT2D eigenvalue weighted by atomic mass is 35.5. The molecule has 0 heterocycles. The highest BCUT2D eigenvalue weighted by Gasteiger charge is 2.14. The van der Waals surface area contributed by atoms with Gasteiger partial charge in [-0.25, -0.2) is 8.78 Å². The fourth-order valence-electron chi connectivity index (χ4n) is 3.51. The van der Waals surface area contributed by atoms with Crippen LogP contribution in [-0.4, -0.2) is 19.1 Å². The number of nitrogens with one attached hydrogen (secondary N) is 1. The van der Waals surface area contributed by atoms with E-state index in [1.165, 1.54) is 18.2 Å². The number of ether oxygens (including phenoxy) is 1. The van der Waals surface area contributed by atoms with Crippen molar-refractivity contribution in [1.82, 2.24) is 0 Å². The molecule has 1 amide bonds. The van der Waals surface area contributed by atoms with Crippen molar-refractivity contribution in [2.24, 2.45) is 5.73 Å². The van der Waals surface area contributed by atoms with Gasteiger partial charge in [-0.2, -0.15) is 0 Å². The molecule has 0 bridgehead atoms. The first-order valence-electron chi connectivity index (χ1n) is 10.5. The number of benzene rings is 4. The Hall–Kier alpha value is -3.45. The first-order chi connectivity index (χ1) is 16.4. The van der Waals surface area contributed by atoms with E-state index in [0.29, 0.717) is 57.4 Å². The number of hydrogen-bond acceptors (Lipinski definition) is 3. The van der Waals surface area contributed by atoms with Crippen LogP contribution < -0.4 is 15.8 Å². The summed E-state index contributed by atoms with van der Waals surface area (Å²) in [4.78, 5) is 13.0. The standard InChI is InChI=1S/C27H21ClF2N2O2.ClH/c28-20-7-10-23(25(30)16-20)18-2-1-3-22(14-18)32-27(33)19-6-11-26(34-13-12-31)24(15-19)17-4-8-21(29)9-5-17;/h1-11,14-16H,12-13,31H2,(H,32,33);1H. The lowest BCUT2D eigenvalue weighted by atomic mass is 10.0. The summed E-state index contributed by atoms with van der Waals surface area (Å²) in [5, 5.41) is 3.15. The van der Waals surface area contributed by atoms with E-state index in [0.717, 1.165) is 0 Å². The number of carbonyl (C=O) groups excluding carboxylic acids is 1. The normalized spacial score (nSPS) is 10.4. The molecule has 4 aromatic rings. The van der Waals surface area contributed by atoms with E-state index in [4.69, 9.17) is 22.1 Å². The molecule has 4 rings (SSSR count). The maximum Gasteiger partial charge on any atom is 0.255 e. The van der Waals surface area contributed by atoms with E-state index in [1.54, 1.807) is 66.7 Å². The second kappa shape index (κ2) is 11.8. The summed E-state index contributed by atoms with van der Waals surface area (Å²) < 4.78 is 33.5. The summed E-state index contributed by atoms with van der Waals surface area (Å²) in [5.74, 6) is -0.636. The molecule has 3 N–H and O–H groups in total. The van der Waals surface area contributed by atoms with Crippen LogP contribution in [0.5, 0.6) is 5.75 Å². The molecule has 35 heavy (non-hydrogen) atoms. The molecule has 0 aromatic heterocycles. The van der Waals surface area contributed by atoms with Gasteiger partial charge in [0, 0.05) is 33.9 Å². The van der Waals surface area contributed by atoms with Crippen molar-refractivity contribution in [3.63, 3.8) is 0 Å². The molecule has 0 aliphatic heterocycles. The zero-order valence-corrected chi connectivity index (χ0v) is 20.0. The zero-order chi connectivity index (χ0) is 24.1. The van der Waals surface area contributed by atoms with Gasteiger partial charge in [-0.3, -0.25) is 4.79 Å². The predicted molar refractivity (Wildman–Crippen MR) is 138 cm³/mol. The van der Waals surface area contributed by atoms with Crippen molar-refractivity contribution < 1.29 is 18.3 Å². The van der Waals surface area contributed by atoms with Crippen molar-refractivity contribution >= 4 is 35.6 Å². The number of amides is 1. The second-order valence-electron chi connectivity index (χ2n) is 7.51. The lowest BCUT2D eigenvalue weighted by molar-refractivity contribution is 0.102. The van der Waals surface area contributed by atoms with E-state index in [2.05, 4.69) is 5.32 Å². The minimum Gasteiger partial charge on any atom is -0.492 e. The molecule has 0 radical (unpaired) electrons.